The van der Waals surface area contributed by atoms with Crippen molar-refractivity contribution in [1.29, 1.82) is 0 Å². The van der Waals surface area contributed by atoms with Crippen LogP contribution in [0.4, 0.5) is 9.59 Å². The topological polar surface area (TPSA) is 203 Å². The Labute approximate surface area is 250 Å². The molecule has 0 unspecified atom stereocenters. The van der Waals surface area contributed by atoms with Crippen LogP contribution in [0.25, 0.3) is 0 Å². The van der Waals surface area contributed by atoms with Gasteiger partial charge in [0.25, 0.3) is 35.4 Å². The highest BCUT2D eigenvalue weighted by atomic mass is 128. The first-order valence-corrected chi connectivity index (χ1v) is 16.4. The number of carbonyl (C=O) groups excluding carboxylic acids is 8. The monoisotopic (exact) mass is 871 g/mol. The first-order chi connectivity index (χ1) is 17.0. The van der Waals surface area contributed by atoms with E-state index in [-0.39, 0.29) is 85.8 Å². The molecule has 0 atom stereocenters. The number of carbonyl (C=O) groups is 8. The van der Waals surface area contributed by atoms with Gasteiger partial charge in [0.1, 0.15) is 0 Å². The second-order valence-electron chi connectivity index (χ2n) is 6.27. The molecule has 210 valence electrons. The minimum absolute atomic E-state index is 0. The van der Waals surface area contributed by atoms with Gasteiger partial charge in [0.15, 0.2) is 0 Å². The maximum absolute atomic E-state index is 11.2. The Morgan fingerprint density at radius 3 is 1.08 bits per heavy atom. The van der Waals surface area contributed by atoms with Crippen molar-refractivity contribution in [1.82, 2.24) is 15.2 Å². The zero-order valence-electron chi connectivity index (χ0n) is 19.5. The van der Waals surface area contributed by atoms with E-state index in [1.807, 2.05) is 0 Å². The van der Waals surface area contributed by atoms with E-state index in [1.165, 1.54) is 0 Å². The molecule has 0 spiro atoms. The SMILES string of the molecule is CCO.CCOC(=O)ON1C(=O)CCC1=O.I.II.O=C(ON1C(=O)CCC1=O)ON1C(=O)CCC1=O. The van der Waals surface area contributed by atoms with Crippen LogP contribution in [0.3, 0.4) is 0 Å². The summed E-state index contributed by atoms with van der Waals surface area (Å²) in [5.41, 5.74) is 0. The normalized spacial score (nSPS) is 16.0. The summed E-state index contributed by atoms with van der Waals surface area (Å²) in [7, 11) is 0. The predicted molar refractivity (Wildman–Crippen MR) is 145 cm³/mol. The molecular weight excluding hydrogens is 847 g/mol. The number of hydrogen-bond donors (Lipinski definition) is 1. The summed E-state index contributed by atoms with van der Waals surface area (Å²) in [4.78, 5) is 101. The van der Waals surface area contributed by atoms with E-state index in [1.54, 1.807) is 13.8 Å². The summed E-state index contributed by atoms with van der Waals surface area (Å²) in [6.07, 6.45) is -2.60. The third-order valence-electron chi connectivity index (χ3n) is 3.78. The lowest BCUT2D eigenvalue weighted by molar-refractivity contribution is -0.198. The summed E-state index contributed by atoms with van der Waals surface area (Å²) >= 11 is 4.24. The fourth-order valence-electron chi connectivity index (χ4n) is 2.36. The van der Waals surface area contributed by atoms with Crippen LogP contribution in [-0.4, -0.2) is 81.3 Å². The molecule has 3 aliphatic rings. The Morgan fingerprint density at radius 1 is 0.649 bits per heavy atom. The Balaban J connectivity index is 0. The third-order valence-corrected chi connectivity index (χ3v) is 3.78. The molecule has 0 saturated carbocycles. The molecule has 0 radical (unpaired) electrons. The van der Waals surface area contributed by atoms with Crippen molar-refractivity contribution in [3.63, 3.8) is 0 Å². The van der Waals surface area contributed by atoms with Gasteiger partial charge in [-0.05, 0) is 13.8 Å². The number of rotatable bonds is 4. The molecule has 3 fully saturated rings. The number of nitrogens with zero attached hydrogens (tertiary/aromatic N) is 3. The number of ether oxygens (including phenoxy) is 1. The predicted octanol–water partition coefficient (Wildman–Crippen LogP) is 1.88. The summed E-state index contributed by atoms with van der Waals surface area (Å²) in [6.45, 7) is 3.66. The van der Waals surface area contributed by atoms with Crippen molar-refractivity contribution in [3.8, 4) is 0 Å². The van der Waals surface area contributed by atoms with Crippen LogP contribution >= 0.6 is 61.2 Å². The molecule has 37 heavy (non-hydrogen) atoms. The van der Waals surface area contributed by atoms with E-state index in [4.69, 9.17) is 5.11 Å². The first kappa shape index (κ1) is 37.3. The zero-order valence-corrected chi connectivity index (χ0v) is 26.2. The van der Waals surface area contributed by atoms with Crippen molar-refractivity contribution in [3.05, 3.63) is 0 Å². The van der Waals surface area contributed by atoms with Gasteiger partial charge in [0, 0.05) is 82.4 Å². The van der Waals surface area contributed by atoms with Crippen LogP contribution in [0.5, 0.6) is 0 Å². The van der Waals surface area contributed by atoms with Crippen LogP contribution < -0.4 is 0 Å². The van der Waals surface area contributed by atoms with Crippen LogP contribution in [0.2, 0.25) is 0 Å². The maximum Gasteiger partial charge on any atom is 0.560 e. The van der Waals surface area contributed by atoms with Gasteiger partial charge < -0.3 is 9.84 Å². The number of aliphatic hydroxyl groups is 1. The minimum atomic E-state index is -1.48. The second kappa shape index (κ2) is 20.1. The van der Waals surface area contributed by atoms with E-state index in [9.17, 15) is 38.4 Å². The lowest BCUT2D eigenvalue weighted by Crippen LogP contribution is -2.37. The number of imide groups is 3. The highest BCUT2D eigenvalue weighted by Gasteiger charge is 2.37. The van der Waals surface area contributed by atoms with Gasteiger partial charge in [0.2, 0.25) is 0 Å². The average molecular weight is 871 g/mol. The van der Waals surface area contributed by atoms with E-state index in [0.717, 1.165) is 0 Å². The van der Waals surface area contributed by atoms with Crippen molar-refractivity contribution in [2.45, 2.75) is 52.4 Å². The molecule has 3 heterocycles. The van der Waals surface area contributed by atoms with Crippen molar-refractivity contribution in [2.24, 2.45) is 0 Å². The first-order valence-electron chi connectivity index (χ1n) is 10.1. The molecule has 1 N–H and O–H groups in total. The zero-order chi connectivity index (χ0) is 27.8. The molecule has 16 nitrogen and oxygen atoms in total. The average Bonchev–Trinajstić information content (AvgIpc) is 3.45. The molecule has 19 heteroatoms. The molecule has 3 rings (SSSR count). The molecule has 0 bridgehead atoms. The summed E-state index contributed by atoms with van der Waals surface area (Å²) in [5, 5.41) is 8.53. The van der Waals surface area contributed by atoms with Gasteiger partial charge in [-0.2, -0.15) is 4.79 Å². The van der Waals surface area contributed by atoms with Crippen LogP contribution in [0.1, 0.15) is 52.4 Å². The lowest BCUT2D eigenvalue weighted by atomic mass is 10.4. The van der Waals surface area contributed by atoms with Gasteiger partial charge in [-0.15, -0.1) is 24.0 Å². The fourth-order valence-corrected chi connectivity index (χ4v) is 2.36. The standard InChI is InChI=1S/C9H8N2O7.C7H9NO5.C2H6O.I2.HI/c12-5-1-2-6(13)10(5)17-9(16)18-11-7(14)3-4-8(11)15;1-2-12-7(11)13-8-5(9)3-4-6(8)10;1-2-3;1-2;/h1-4H2;2-4H2,1H3;3H,2H2,1H3;;1H. The highest BCUT2D eigenvalue weighted by Crippen LogP contribution is 2.16. The molecule has 0 aliphatic carbocycles. The number of amides is 6. The molecule has 0 aromatic heterocycles. The van der Waals surface area contributed by atoms with E-state index in [0.29, 0.717) is 5.06 Å². The molecule has 0 aromatic carbocycles. The van der Waals surface area contributed by atoms with Gasteiger partial charge in [0.05, 0.1) is 6.61 Å². The van der Waals surface area contributed by atoms with Crippen molar-refractivity contribution < 1.29 is 62.7 Å². The Bertz CT molecular complexity index is 783. The van der Waals surface area contributed by atoms with E-state index in [2.05, 4.69) is 56.5 Å². The van der Waals surface area contributed by atoms with Crippen LogP contribution in [0, 0.1) is 0 Å². The van der Waals surface area contributed by atoms with Gasteiger partial charge in [-0.1, -0.05) is 15.2 Å². The third kappa shape index (κ3) is 13.0. The van der Waals surface area contributed by atoms with Crippen molar-refractivity contribution in [2.75, 3.05) is 13.2 Å². The van der Waals surface area contributed by atoms with Crippen LogP contribution in [0.15, 0.2) is 0 Å². The lowest BCUT2D eigenvalue weighted by Gasteiger charge is -2.15. The van der Waals surface area contributed by atoms with Gasteiger partial charge >= 0.3 is 12.3 Å². The van der Waals surface area contributed by atoms with E-state index < -0.39 is 47.8 Å². The quantitative estimate of drug-likeness (QED) is 0.244. The summed E-state index contributed by atoms with van der Waals surface area (Å²) in [5.74, 6) is -3.77. The molecule has 3 aliphatic heterocycles. The summed E-state index contributed by atoms with van der Waals surface area (Å²) < 4.78 is 4.39. The van der Waals surface area contributed by atoms with E-state index >= 15 is 0 Å². The minimum Gasteiger partial charge on any atom is -0.433 e. The summed E-state index contributed by atoms with van der Waals surface area (Å²) in [6, 6.07) is 0. The van der Waals surface area contributed by atoms with Gasteiger partial charge in [-0.3, -0.25) is 43.3 Å². The van der Waals surface area contributed by atoms with Gasteiger partial charge in [-0.25, -0.2) is 4.79 Å². The fraction of sp³-hybridized carbons (Fsp3) is 0.556. The number of halogens is 3. The number of hydroxylamine groups is 6. The number of hydrogen-bond acceptors (Lipinski definition) is 13. The Hall–Kier alpha value is -1.89. The Kier molecular flexibility index (Phi) is 20.3. The molecular formula is C18H24I3N3O13. The van der Waals surface area contributed by atoms with Crippen LogP contribution in [-0.2, 0) is 48.0 Å². The maximum atomic E-state index is 11.2. The molecule has 3 saturated heterocycles. The Morgan fingerprint density at radius 2 is 0.865 bits per heavy atom. The smallest absolute Gasteiger partial charge is 0.433 e. The van der Waals surface area contributed by atoms with Crippen molar-refractivity contribution >= 4 is 109 Å². The second-order valence-corrected chi connectivity index (χ2v) is 6.27. The largest absolute Gasteiger partial charge is 0.560 e. The molecule has 0 aromatic rings. The highest BCUT2D eigenvalue weighted by molar-refractivity contribution is 15.0. The number of aliphatic hydroxyl groups excluding tert-OH is 1. The molecule has 6 amide bonds.